The standard InChI is InChI=1S/C13H26N2/c14-13(12-4-2-1-3-5-12)10-11-6-8-15-9-7-11/h11-13,15H,1-10,14H2. The summed E-state index contributed by atoms with van der Waals surface area (Å²) in [6.45, 7) is 2.42. The van der Waals surface area contributed by atoms with Crippen LogP contribution in [0.3, 0.4) is 0 Å². The van der Waals surface area contributed by atoms with Gasteiger partial charge < -0.3 is 11.1 Å². The predicted octanol–water partition coefficient (Wildman–Crippen LogP) is 2.28. The molecule has 1 aliphatic carbocycles. The molecule has 0 amide bonds. The van der Waals surface area contributed by atoms with Gasteiger partial charge in [-0.05, 0) is 57.0 Å². The molecule has 88 valence electrons. The van der Waals surface area contributed by atoms with E-state index < -0.39 is 0 Å². The lowest BCUT2D eigenvalue weighted by molar-refractivity contribution is 0.246. The maximum absolute atomic E-state index is 6.36. The molecule has 0 spiro atoms. The van der Waals surface area contributed by atoms with Gasteiger partial charge in [-0.25, -0.2) is 0 Å². The monoisotopic (exact) mass is 210 g/mol. The molecule has 2 rings (SSSR count). The number of hydrogen-bond acceptors (Lipinski definition) is 2. The third kappa shape index (κ3) is 3.46. The van der Waals surface area contributed by atoms with E-state index in [-0.39, 0.29) is 0 Å². The van der Waals surface area contributed by atoms with Gasteiger partial charge in [0.1, 0.15) is 0 Å². The molecule has 0 aromatic heterocycles. The van der Waals surface area contributed by atoms with Crippen molar-refractivity contribution in [3.05, 3.63) is 0 Å². The van der Waals surface area contributed by atoms with Crippen molar-refractivity contribution in [2.24, 2.45) is 17.6 Å². The van der Waals surface area contributed by atoms with Crippen molar-refractivity contribution in [1.82, 2.24) is 5.32 Å². The fraction of sp³-hybridized carbons (Fsp3) is 1.00. The minimum atomic E-state index is 0.494. The van der Waals surface area contributed by atoms with Gasteiger partial charge in [0.2, 0.25) is 0 Å². The smallest absolute Gasteiger partial charge is 0.00698 e. The molecule has 0 bridgehead atoms. The van der Waals surface area contributed by atoms with Gasteiger partial charge in [0, 0.05) is 6.04 Å². The Labute approximate surface area is 94.0 Å². The summed E-state index contributed by atoms with van der Waals surface area (Å²) in [6, 6.07) is 0.494. The molecule has 15 heavy (non-hydrogen) atoms. The first kappa shape index (κ1) is 11.4. The molecule has 0 aromatic rings. The summed E-state index contributed by atoms with van der Waals surface area (Å²) in [7, 11) is 0. The molecule has 2 heteroatoms. The van der Waals surface area contributed by atoms with Crippen LogP contribution in [0.15, 0.2) is 0 Å². The van der Waals surface area contributed by atoms with E-state index in [4.69, 9.17) is 5.73 Å². The maximum Gasteiger partial charge on any atom is 0.00698 e. The van der Waals surface area contributed by atoms with Crippen LogP contribution in [0.5, 0.6) is 0 Å². The minimum Gasteiger partial charge on any atom is -0.327 e. The lowest BCUT2D eigenvalue weighted by Crippen LogP contribution is -2.36. The molecule has 0 aromatic carbocycles. The largest absolute Gasteiger partial charge is 0.327 e. The Kier molecular flexibility index (Phi) is 4.45. The van der Waals surface area contributed by atoms with Gasteiger partial charge in [0.25, 0.3) is 0 Å². The summed E-state index contributed by atoms with van der Waals surface area (Å²) in [6.07, 6.45) is 11.1. The summed E-state index contributed by atoms with van der Waals surface area (Å²) >= 11 is 0. The van der Waals surface area contributed by atoms with Crippen molar-refractivity contribution < 1.29 is 0 Å². The Hall–Kier alpha value is -0.0800. The fourth-order valence-corrected chi connectivity index (χ4v) is 3.26. The molecular weight excluding hydrogens is 184 g/mol. The average molecular weight is 210 g/mol. The quantitative estimate of drug-likeness (QED) is 0.750. The van der Waals surface area contributed by atoms with Crippen molar-refractivity contribution in [2.45, 2.75) is 57.4 Å². The Bertz CT molecular complexity index is 169. The number of rotatable bonds is 3. The van der Waals surface area contributed by atoms with E-state index in [2.05, 4.69) is 5.32 Å². The van der Waals surface area contributed by atoms with Crippen LogP contribution in [0.1, 0.15) is 51.4 Å². The van der Waals surface area contributed by atoms with Crippen molar-refractivity contribution in [1.29, 1.82) is 0 Å². The van der Waals surface area contributed by atoms with E-state index in [0.717, 1.165) is 11.8 Å². The van der Waals surface area contributed by atoms with Crippen LogP contribution in [0.4, 0.5) is 0 Å². The van der Waals surface area contributed by atoms with Crippen LogP contribution < -0.4 is 11.1 Å². The van der Waals surface area contributed by atoms with E-state index in [1.54, 1.807) is 0 Å². The van der Waals surface area contributed by atoms with Gasteiger partial charge in [-0.2, -0.15) is 0 Å². The van der Waals surface area contributed by atoms with Crippen LogP contribution in [0, 0.1) is 11.8 Å². The molecule has 2 aliphatic rings. The molecular formula is C13H26N2. The Morgan fingerprint density at radius 2 is 1.67 bits per heavy atom. The molecule has 3 N–H and O–H groups in total. The molecule has 1 saturated heterocycles. The highest BCUT2D eigenvalue weighted by Crippen LogP contribution is 2.29. The highest BCUT2D eigenvalue weighted by Gasteiger charge is 2.24. The summed E-state index contributed by atoms with van der Waals surface area (Å²) in [5.74, 6) is 1.75. The van der Waals surface area contributed by atoms with Crippen molar-refractivity contribution >= 4 is 0 Å². The van der Waals surface area contributed by atoms with Crippen LogP contribution >= 0.6 is 0 Å². The zero-order chi connectivity index (χ0) is 10.5. The zero-order valence-electron chi connectivity index (χ0n) is 9.88. The first-order valence-electron chi connectivity index (χ1n) is 6.82. The molecule has 1 unspecified atom stereocenters. The maximum atomic E-state index is 6.36. The third-order valence-electron chi connectivity index (χ3n) is 4.32. The van der Waals surface area contributed by atoms with E-state index >= 15 is 0 Å². The van der Waals surface area contributed by atoms with Gasteiger partial charge >= 0.3 is 0 Å². The SMILES string of the molecule is NC(CC1CCNCC1)C1CCCCC1. The Morgan fingerprint density at radius 1 is 1.00 bits per heavy atom. The predicted molar refractivity (Wildman–Crippen MR) is 64.8 cm³/mol. The number of nitrogens with two attached hydrogens (primary N) is 1. The first-order chi connectivity index (χ1) is 7.36. The summed E-state index contributed by atoms with van der Waals surface area (Å²) in [5, 5.41) is 3.43. The lowest BCUT2D eigenvalue weighted by Gasteiger charge is -2.31. The van der Waals surface area contributed by atoms with Gasteiger partial charge in [-0.15, -0.1) is 0 Å². The fourth-order valence-electron chi connectivity index (χ4n) is 3.26. The number of nitrogens with one attached hydrogen (secondary N) is 1. The molecule has 1 heterocycles. The lowest BCUT2D eigenvalue weighted by atomic mass is 9.79. The van der Waals surface area contributed by atoms with E-state index in [0.29, 0.717) is 6.04 Å². The highest BCUT2D eigenvalue weighted by molar-refractivity contribution is 4.80. The van der Waals surface area contributed by atoms with Crippen LogP contribution in [-0.2, 0) is 0 Å². The van der Waals surface area contributed by atoms with Crippen LogP contribution in [-0.4, -0.2) is 19.1 Å². The summed E-state index contributed by atoms with van der Waals surface area (Å²) < 4.78 is 0. The van der Waals surface area contributed by atoms with Gasteiger partial charge in [-0.1, -0.05) is 19.3 Å². The zero-order valence-corrected chi connectivity index (χ0v) is 9.88. The molecule has 2 fully saturated rings. The summed E-state index contributed by atoms with van der Waals surface area (Å²) in [4.78, 5) is 0. The minimum absolute atomic E-state index is 0.494. The topological polar surface area (TPSA) is 38.0 Å². The Balaban J connectivity index is 1.72. The van der Waals surface area contributed by atoms with E-state index in [9.17, 15) is 0 Å². The van der Waals surface area contributed by atoms with Crippen LogP contribution in [0.25, 0.3) is 0 Å². The molecule has 1 saturated carbocycles. The highest BCUT2D eigenvalue weighted by atomic mass is 14.9. The second kappa shape index (κ2) is 5.86. The normalized spacial score (nSPS) is 27.8. The number of hydrogen-bond donors (Lipinski definition) is 2. The van der Waals surface area contributed by atoms with Crippen LogP contribution in [0.2, 0.25) is 0 Å². The van der Waals surface area contributed by atoms with Gasteiger partial charge in [-0.3, -0.25) is 0 Å². The van der Waals surface area contributed by atoms with E-state index in [1.807, 2.05) is 0 Å². The molecule has 2 nitrogen and oxygen atoms in total. The molecule has 1 atom stereocenters. The van der Waals surface area contributed by atoms with Crippen molar-refractivity contribution in [2.75, 3.05) is 13.1 Å². The van der Waals surface area contributed by atoms with Crippen molar-refractivity contribution in [3.63, 3.8) is 0 Å². The van der Waals surface area contributed by atoms with E-state index in [1.165, 1.54) is 64.5 Å². The average Bonchev–Trinajstić information content (AvgIpc) is 2.31. The van der Waals surface area contributed by atoms with Gasteiger partial charge in [0.15, 0.2) is 0 Å². The second-order valence-corrected chi connectivity index (χ2v) is 5.49. The first-order valence-corrected chi connectivity index (χ1v) is 6.82. The van der Waals surface area contributed by atoms with Gasteiger partial charge in [0.05, 0.1) is 0 Å². The second-order valence-electron chi connectivity index (χ2n) is 5.49. The summed E-state index contributed by atoms with van der Waals surface area (Å²) in [5.41, 5.74) is 6.36. The molecule has 0 radical (unpaired) electrons. The molecule has 1 aliphatic heterocycles. The third-order valence-corrected chi connectivity index (χ3v) is 4.32. The Morgan fingerprint density at radius 3 is 2.33 bits per heavy atom. The number of piperidine rings is 1. The van der Waals surface area contributed by atoms with Crippen molar-refractivity contribution in [3.8, 4) is 0 Å².